The largest absolute Gasteiger partial charge is 0.460 e. The molecule has 0 aliphatic rings. The lowest BCUT2D eigenvalue weighted by atomic mass is 10.1. The summed E-state index contributed by atoms with van der Waals surface area (Å²) in [5, 5.41) is 9.74. The number of nitriles is 1. The summed E-state index contributed by atoms with van der Waals surface area (Å²) in [6.07, 6.45) is 0. The second-order valence-electron chi connectivity index (χ2n) is 2.79. The minimum Gasteiger partial charge on any atom is -0.460 e. The Morgan fingerprint density at radius 2 is 2.23 bits per heavy atom. The van der Waals surface area contributed by atoms with Gasteiger partial charge in [-0.15, -0.1) is 0 Å². The number of nitrogens with zero attached hydrogens (tertiary/aromatic N) is 1. The molecule has 1 heterocycles. The average molecular weight is 236 g/mol. The third kappa shape index (κ3) is 1.24. The van der Waals surface area contributed by atoms with E-state index in [0.717, 1.165) is 15.4 Å². The Morgan fingerprint density at radius 1 is 1.46 bits per heavy atom. The van der Waals surface area contributed by atoms with Crippen molar-refractivity contribution in [3.8, 4) is 6.07 Å². The molecule has 0 saturated carbocycles. The van der Waals surface area contributed by atoms with Gasteiger partial charge in [-0.3, -0.25) is 0 Å². The highest BCUT2D eigenvalue weighted by Crippen LogP contribution is 2.27. The smallest absolute Gasteiger partial charge is 0.135 e. The van der Waals surface area contributed by atoms with E-state index in [2.05, 4.69) is 22.0 Å². The van der Waals surface area contributed by atoms with Crippen LogP contribution in [0, 0.1) is 18.3 Å². The maximum absolute atomic E-state index is 8.87. The van der Waals surface area contributed by atoms with E-state index < -0.39 is 0 Å². The molecule has 3 heteroatoms. The zero-order valence-corrected chi connectivity index (χ0v) is 8.55. The maximum atomic E-state index is 8.87. The fourth-order valence-electron chi connectivity index (χ4n) is 1.33. The molecule has 0 amide bonds. The summed E-state index contributed by atoms with van der Waals surface area (Å²) < 4.78 is 6.36. The van der Waals surface area contributed by atoms with Gasteiger partial charge in [0.25, 0.3) is 0 Å². The predicted octanol–water partition coefficient (Wildman–Crippen LogP) is 3.38. The molecule has 0 N–H and O–H groups in total. The minimum atomic E-state index is 0.622. The zero-order chi connectivity index (χ0) is 9.42. The monoisotopic (exact) mass is 235 g/mol. The van der Waals surface area contributed by atoms with Crippen molar-refractivity contribution in [3.05, 3.63) is 34.0 Å². The van der Waals surface area contributed by atoms with Crippen LogP contribution in [0.25, 0.3) is 11.0 Å². The van der Waals surface area contributed by atoms with Crippen LogP contribution in [-0.4, -0.2) is 0 Å². The first-order chi connectivity index (χ1) is 6.22. The Hall–Kier alpha value is -1.27. The van der Waals surface area contributed by atoms with Crippen molar-refractivity contribution in [2.75, 3.05) is 0 Å². The molecule has 1 aromatic heterocycles. The van der Waals surface area contributed by atoms with Gasteiger partial charge in [0.2, 0.25) is 0 Å². The normalized spacial score (nSPS) is 10.2. The SMILES string of the molecule is Cc1oc2ccc(Br)cc2c1C#N. The van der Waals surface area contributed by atoms with Crippen LogP contribution in [0.2, 0.25) is 0 Å². The van der Waals surface area contributed by atoms with Gasteiger partial charge in [0, 0.05) is 9.86 Å². The Balaban J connectivity index is 2.91. The molecule has 0 fully saturated rings. The van der Waals surface area contributed by atoms with Crippen LogP contribution in [-0.2, 0) is 0 Å². The zero-order valence-electron chi connectivity index (χ0n) is 6.97. The highest BCUT2D eigenvalue weighted by atomic mass is 79.9. The molecule has 1 aromatic carbocycles. The lowest BCUT2D eigenvalue weighted by molar-refractivity contribution is 0.577. The second kappa shape index (κ2) is 2.90. The van der Waals surface area contributed by atoms with Crippen molar-refractivity contribution in [2.24, 2.45) is 0 Å². The fraction of sp³-hybridized carbons (Fsp3) is 0.100. The van der Waals surface area contributed by atoms with Gasteiger partial charge in [0.15, 0.2) is 0 Å². The van der Waals surface area contributed by atoms with Crippen LogP contribution in [0.3, 0.4) is 0 Å². The molecule has 2 nitrogen and oxygen atoms in total. The van der Waals surface area contributed by atoms with E-state index in [-0.39, 0.29) is 0 Å². The third-order valence-electron chi connectivity index (χ3n) is 1.94. The van der Waals surface area contributed by atoms with Crippen LogP contribution >= 0.6 is 15.9 Å². The molecule has 2 aromatic rings. The first-order valence-corrected chi connectivity index (χ1v) is 4.60. The summed E-state index contributed by atoms with van der Waals surface area (Å²) in [5.74, 6) is 0.676. The highest BCUT2D eigenvalue weighted by Gasteiger charge is 2.09. The first-order valence-electron chi connectivity index (χ1n) is 3.81. The number of hydrogen-bond acceptors (Lipinski definition) is 2. The van der Waals surface area contributed by atoms with Gasteiger partial charge in [-0.25, -0.2) is 0 Å². The van der Waals surface area contributed by atoms with E-state index in [0.29, 0.717) is 11.3 Å². The molecule has 0 saturated heterocycles. The first kappa shape index (κ1) is 8.33. The van der Waals surface area contributed by atoms with Crippen molar-refractivity contribution < 1.29 is 4.42 Å². The van der Waals surface area contributed by atoms with E-state index in [4.69, 9.17) is 9.68 Å². The molecule has 13 heavy (non-hydrogen) atoms. The molecule has 2 rings (SSSR count). The minimum absolute atomic E-state index is 0.622. The number of hydrogen-bond donors (Lipinski definition) is 0. The van der Waals surface area contributed by atoms with E-state index in [9.17, 15) is 0 Å². The van der Waals surface area contributed by atoms with Crippen molar-refractivity contribution in [1.29, 1.82) is 5.26 Å². The van der Waals surface area contributed by atoms with Crippen molar-refractivity contribution in [3.63, 3.8) is 0 Å². The summed E-state index contributed by atoms with van der Waals surface area (Å²) in [6, 6.07) is 7.77. The van der Waals surface area contributed by atoms with Crippen LogP contribution in [0.1, 0.15) is 11.3 Å². The summed E-state index contributed by atoms with van der Waals surface area (Å²) in [5.41, 5.74) is 1.38. The molecule has 64 valence electrons. The maximum Gasteiger partial charge on any atom is 0.135 e. The Kier molecular flexibility index (Phi) is 1.86. The van der Waals surface area contributed by atoms with Crippen molar-refractivity contribution in [1.82, 2.24) is 0 Å². The lowest BCUT2D eigenvalue weighted by Gasteiger charge is -1.88. The summed E-state index contributed by atoms with van der Waals surface area (Å²) in [6.45, 7) is 1.80. The highest BCUT2D eigenvalue weighted by molar-refractivity contribution is 9.10. The average Bonchev–Trinajstić information content (AvgIpc) is 2.40. The number of halogens is 1. The number of benzene rings is 1. The molecule has 0 bridgehead atoms. The van der Waals surface area contributed by atoms with Gasteiger partial charge < -0.3 is 4.42 Å². The number of furan rings is 1. The molecule has 0 spiro atoms. The molecule has 0 aliphatic carbocycles. The van der Waals surface area contributed by atoms with Gasteiger partial charge in [-0.2, -0.15) is 5.26 Å². The van der Waals surface area contributed by atoms with Gasteiger partial charge >= 0.3 is 0 Å². The van der Waals surface area contributed by atoms with Crippen LogP contribution in [0.5, 0.6) is 0 Å². The molecule has 0 aliphatic heterocycles. The van der Waals surface area contributed by atoms with E-state index in [1.165, 1.54) is 0 Å². The summed E-state index contributed by atoms with van der Waals surface area (Å²) >= 11 is 3.35. The molecule has 0 radical (unpaired) electrons. The predicted molar refractivity (Wildman–Crippen MR) is 53.4 cm³/mol. The van der Waals surface area contributed by atoms with Crippen molar-refractivity contribution >= 4 is 26.9 Å². The van der Waals surface area contributed by atoms with E-state index in [1.807, 2.05) is 18.2 Å². The van der Waals surface area contributed by atoms with Gasteiger partial charge in [0.05, 0.1) is 0 Å². The lowest BCUT2D eigenvalue weighted by Crippen LogP contribution is -1.73. The Morgan fingerprint density at radius 3 is 2.92 bits per heavy atom. The Labute approximate surface area is 83.9 Å². The Bertz CT molecular complexity index is 507. The summed E-state index contributed by atoms with van der Waals surface area (Å²) in [4.78, 5) is 0. The van der Waals surface area contributed by atoms with Crippen LogP contribution in [0.4, 0.5) is 0 Å². The molecular weight excluding hydrogens is 230 g/mol. The van der Waals surface area contributed by atoms with Gasteiger partial charge in [-0.05, 0) is 25.1 Å². The number of aryl methyl sites for hydroxylation is 1. The number of rotatable bonds is 0. The molecular formula is C10H6BrNO. The van der Waals surface area contributed by atoms with Crippen molar-refractivity contribution in [2.45, 2.75) is 6.92 Å². The van der Waals surface area contributed by atoms with Crippen LogP contribution in [0.15, 0.2) is 27.1 Å². The standard InChI is InChI=1S/C10H6BrNO/c1-6-9(5-12)8-4-7(11)2-3-10(8)13-6/h2-4H,1H3. The van der Waals surface area contributed by atoms with E-state index in [1.54, 1.807) is 6.92 Å². The molecule has 0 atom stereocenters. The number of fused-ring (bicyclic) bond motifs is 1. The third-order valence-corrected chi connectivity index (χ3v) is 2.43. The fourth-order valence-corrected chi connectivity index (χ4v) is 1.69. The van der Waals surface area contributed by atoms with Crippen LogP contribution < -0.4 is 0 Å². The topological polar surface area (TPSA) is 36.9 Å². The summed E-state index contributed by atoms with van der Waals surface area (Å²) in [7, 11) is 0. The molecule has 0 unspecified atom stereocenters. The van der Waals surface area contributed by atoms with Gasteiger partial charge in [-0.1, -0.05) is 15.9 Å². The second-order valence-corrected chi connectivity index (χ2v) is 3.70. The van der Waals surface area contributed by atoms with E-state index >= 15 is 0 Å². The quantitative estimate of drug-likeness (QED) is 0.703. The van der Waals surface area contributed by atoms with Gasteiger partial charge in [0.1, 0.15) is 23.0 Å².